The van der Waals surface area contributed by atoms with Crippen molar-refractivity contribution in [2.24, 2.45) is 0 Å². The topological polar surface area (TPSA) is 20.2 Å². The van der Waals surface area contributed by atoms with Gasteiger partial charge in [0.1, 0.15) is 6.10 Å². The summed E-state index contributed by atoms with van der Waals surface area (Å²) in [6.07, 6.45) is -0.699. The Kier molecular flexibility index (Phi) is 4.17. The second-order valence-corrected chi connectivity index (χ2v) is 7.67. The summed E-state index contributed by atoms with van der Waals surface area (Å²) in [5, 5.41) is 15.6. The molecule has 0 heterocycles. The molecule has 0 saturated carbocycles. The third-order valence-electron chi connectivity index (χ3n) is 4.31. The number of aliphatic hydroxyl groups is 1. The summed E-state index contributed by atoms with van der Waals surface area (Å²) in [6.45, 7) is 0. The van der Waals surface area contributed by atoms with Crippen LogP contribution in [0, 0.1) is 0 Å². The average molecular weight is 442 g/mol. The molecule has 4 rings (SSSR count). The van der Waals surface area contributed by atoms with Crippen LogP contribution in [0.15, 0.2) is 81.7 Å². The lowest BCUT2D eigenvalue weighted by atomic mass is 9.93. The lowest BCUT2D eigenvalue weighted by Gasteiger charge is -2.17. The van der Waals surface area contributed by atoms with E-state index in [9.17, 15) is 5.11 Å². The summed E-state index contributed by atoms with van der Waals surface area (Å²) in [7, 11) is 0. The fourth-order valence-corrected chi connectivity index (χ4v) is 4.21. The molecule has 1 N–H and O–H groups in total. The minimum atomic E-state index is -0.699. The van der Waals surface area contributed by atoms with Crippen LogP contribution in [-0.4, -0.2) is 5.11 Å². The van der Waals surface area contributed by atoms with Crippen molar-refractivity contribution in [1.82, 2.24) is 0 Å². The molecule has 0 atom stereocenters. The Labute approximate surface area is 157 Å². The minimum Gasteiger partial charge on any atom is -0.384 e. The molecule has 0 amide bonds. The standard InChI is InChI=1S/C21H14Br2O/c22-15-9-13-5-1-3-7-17(13)19(11-15)21(24)20-12-16(23)10-14-6-2-4-8-18(14)20/h1-12,21,24H. The van der Waals surface area contributed by atoms with Gasteiger partial charge in [0.15, 0.2) is 0 Å². The third kappa shape index (κ3) is 2.77. The van der Waals surface area contributed by atoms with E-state index in [2.05, 4.69) is 68.3 Å². The van der Waals surface area contributed by atoms with Gasteiger partial charge in [-0.3, -0.25) is 0 Å². The minimum absolute atomic E-state index is 0.699. The van der Waals surface area contributed by atoms with Crippen molar-refractivity contribution in [2.45, 2.75) is 6.10 Å². The van der Waals surface area contributed by atoms with Gasteiger partial charge in [0.25, 0.3) is 0 Å². The Bertz CT molecular complexity index is 971. The lowest BCUT2D eigenvalue weighted by Crippen LogP contribution is -2.02. The molecule has 0 aliphatic heterocycles. The monoisotopic (exact) mass is 440 g/mol. The number of benzene rings is 4. The predicted octanol–water partition coefficient (Wildman–Crippen LogP) is 6.60. The van der Waals surface area contributed by atoms with Crippen LogP contribution in [0.3, 0.4) is 0 Å². The van der Waals surface area contributed by atoms with Crippen LogP contribution in [0.5, 0.6) is 0 Å². The molecule has 0 aromatic heterocycles. The van der Waals surface area contributed by atoms with Crippen molar-refractivity contribution in [2.75, 3.05) is 0 Å². The van der Waals surface area contributed by atoms with Crippen molar-refractivity contribution in [3.8, 4) is 0 Å². The highest BCUT2D eigenvalue weighted by Crippen LogP contribution is 2.36. The highest BCUT2D eigenvalue weighted by atomic mass is 79.9. The van der Waals surface area contributed by atoms with Crippen molar-refractivity contribution in [1.29, 1.82) is 0 Å². The van der Waals surface area contributed by atoms with Crippen LogP contribution in [0.2, 0.25) is 0 Å². The van der Waals surface area contributed by atoms with Crippen LogP contribution in [-0.2, 0) is 0 Å². The Morgan fingerprint density at radius 2 is 1.04 bits per heavy atom. The third-order valence-corrected chi connectivity index (χ3v) is 5.22. The Hall–Kier alpha value is -1.68. The molecule has 0 radical (unpaired) electrons. The van der Waals surface area contributed by atoms with Gasteiger partial charge in [-0.15, -0.1) is 0 Å². The molecule has 0 spiro atoms. The highest BCUT2D eigenvalue weighted by molar-refractivity contribution is 9.10. The van der Waals surface area contributed by atoms with Gasteiger partial charge < -0.3 is 5.11 Å². The summed E-state index contributed by atoms with van der Waals surface area (Å²) in [6, 6.07) is 24.4. The van der Waals surface area contributed by atoms with Crippen molar-refractivity contribution in [3.63, 3.8) is 0 Å². The molecule has 0 saturated heterocycles. The maximum absolute atomic E-state index is 11.2. The van der Waals surface area contributed by atoms with Gasteiger partial charge in [-0.25, -0.2) is 0 Å². The van der Waals surface area contributed by atoms with Crippen LogP contribution in [0.25, 0.3) is 21.5 Å². The van der Waals surface area contributed by atoms with Crippen LogP contribution >= 0.6 is 31.9 Å². The van der Waals surface area contributed by atoms with E-state index in [4.69, 9.17) is 0 Å². The van der Waals surface area contributed by atoms with Crippen LogP contribution in [0.1, 0.15) is 17.2 Å². The number of hydrogen-bond donors (Lipinski definition) is 1. The Balaban J connectivity index is 1.99. The maximum Gasteiger partial charge on any atom is 0.105 e. The predicted molar refractivity (Wildman–Crippen MR) is 107 cm³/mol. The van der Waals surface area contributed by atoms with E-state index in [1.54, 1.807) is 0 Å². The number of hydrogen-bond acceptors (Lipinski definition) is 1. The van der Waals surface area contributed by atoms with Gasteiger partial charge in [-0.2, -0.15) is 0 Å². The molecule has 0 unspecified atom stereocenters. The normalized spacial score (nSPS) is 11.5. The summed E-state index contributed by atoms with van der Waals surface area (Å²) >= 11 is 7.14. The number of aliphatic hydroxyl groups excluding tert-OH is 1. The van der Waals surface area contributed by atoms with E-state index < -0.39 is 6.10 Å². The first-order valence-corrected chi connectivity index (χ1v) is 9.26. The average Bonchev–Trinajstić information content (AvgIpc) is 2.59. The van der Waals surface area contributed by atoms with Crippen LogP contribution in [0.4, 0.5) is 0 Å². The molecule has 4 aromatic carbocycles. The second kappa shape index (κ2) is 6.32. The van der Waals surface area contributed by atoms with Crippen LogP contribution < -0.4 is 0 Å². The highest BCUT2D eigenvalue weighted by Gasteiger charge is 2.17. The molecule has 0 aliphatic rings. The molecular formula is C21H14Br2O. The number of fused-ring (bicyclic) bond motifs is 2. The van der Waals surface area contributed by atoms with Gasteiger partial charge in [-0.1, -0.05) is 80.4 Å². The van der Waals surface area contributed by atoms with E-state index in [0.29, 0.717) is 0 Å². The van der Waals surface area contributed by atoms with E-state index in [-0.39, 0.29) is 0 Å². The van der Waals surface area contributed by atoms with E-state index in [1.165, 1.54) is 0 Å². The van der Waals surface area contributed by atoms with Crippen molar-refractivity contribution < 1.29 is 5.11 Å². The maximum atomic E-state index is 11.2. The Morgan fingerprint density at radius 1 is 0.625 bits per heavy atom. The van der Waals surface area contributed by atoms with Gasteiger partial charge in [0.05, 0.1) is 0 Å². The first kappa shape index (κ1) is 15.8. The first-order chi connectivity index (χ1) is 11.6. The molecule has 118 valence electrons. The molecule has 1 nitrogen and oxygen atoms in total. The molecule has 0 fully saturated rings. The van der Waals surface area contributed by atoms with Crippen molar-refractivity contribution in [3.05, 3.63) is 92.9 Å². The zero-order valence-corrected chi connectivity index (χ0v) is 15.9. The molecule has 24 heavy (non-hydrogen) atoms. The molecule has 0 aliphatic carbocycles. The fraction of sp³-hybridized carbons (Fsp3) is 0.0476. The molecule has 0 bridgehead atoms. The zero-order chi connectivity index (χ0) is 16.7. The SMILES string of the molecule is OC(c1cc(Br)cc2ccccc12)c1cc(Br)cc2ccccc12. The first-order valence-electron chi connectivity index (χ1n) is 7.68. The van der Waals surface area contributed by atoms with Gasteiger partial charge >= 0.3 is 0 Å². The summed E-state index contributed by atoms with van der Waals surface area (Å²) in [4.78, 5) is 0. The largest absolute Gasteiger partial charge is 0.384 e. The van der Waals surface area contributed by atoms with Gasteiger partial charge in [0, 0.05) is 8.95 Å². The van der Waals surface area contributed by atoms with Gasteiger partial charge in [0.2, 0.25) is 0 Å². The van der Waals surface area contributed by atoms with E-state index >= 15 is 0 Å². The van der Waals surface area contributed by atoms with E-state index in [0.717, 1.165) is 41.6 Å². The Morgan fingerprint density at radius 3 is 1.50 bits per heavy atom. The summed E-state index contributed by atoms with van der Waals surface area (Å²) in [5.41, 5.74) is 1.81. The molecule has 4 aromatic rings. The molecule has 3 heteroatoms. The van der Waals surface area contributed by atoms with Gasteiger partial charge in [-0.05, 0) is 56.9 Å². The lowest BCUT2D eigenvalue weighted by molar-refractivity contribution is 0.223. The summed E-state index contributed by atoms with van der Waals surface area (Å²) < 4.78 is 1.93. The fourth-order valence-electron chi connectivity index (χ4n) is 3.22. The quantitative estimate of drug-likeness (QED) is 0.371. The summed E-state index contributed by atoms with van der Waals surface area (Å²) in [5.74, 6) is 0. The number of rotatable bonds is 2. The van der Waals surface area contributed by atoms with Crippen molar-refractivity contribution >= 4 is 53.4 Å². The zero-order valence-electron chi connectivity index (χ0n) is 12.7. The smallest absolute Gasteiger partial charge is 0.105 e. The molecular weight excluding hydrogens is 428 g/mol. The number of halogens is 2. The van der Waals surface area contributed by atoms with E-state index in [1.807, 2.05) is 36.4 Å². The second-order valence-electron chi connectivity index (χ2n) is 5.83.